The lowest BCUT2D eigenvalue weighted by atomic mass is 10.1. The van der Waals surface area contributed by atoms with Crippen LogP contribution in [0.4, 0.5) is 0 Å². The second-order valence-corrected chi connectivity index (χ2v) is 6.15. The van der Waals surface area contributed by atoms with Gasteiger partial charge in [0.05, 0.1) is 22.8 Å². The van der Waals surface area contributed by atoms with Crippen molar-refractivity contribution in [3.8, 4) is 5.75 Å². The second-order valence-electron chi connectivity index (χ2n) is 4.68. The van der Waals surface area contributed by atoms with Crippen LogP contribution in [-0.2, 0) is 10.8 Å². The zero-order valence-electron chi connectivity index (χ0n) is 12.4. The Morgan fingerprint density at radius 3 is 2.43 bits per heavy atom. The van der Waals surface area contributed by atoms with E-state index in [0.717, 1.165) is 17.0 Å². The predicted molar refractivity (Wildman–Crippen MR) is 87.1 cm³/mol. The molecule has 2 unspecified atom stereocenters. The first-order valence-electron chi connectivity index (χ1n) is 7.06. The summed E-state index contributed by atoms with van der Waals surface area (Å²) in [5, 5.41) is 3.40. The highest BCUT2D eigenvalue weighted by Gasteiger charge is 2.17. The number of hydrogen-bond donors (Lipinski definition) is 1. The van der Waals surface area contributed by atoms with Crippen molar-refractivity contribution >= 4 is 10.8 Å². The minimum absolute atomic E-state index is 0.0712. The van der Waals surface area contributed by atoms with Gasteiger partial charge in [0.2, 0.25) is 0 Å². The fourth-order valence-electron chi connectivity index (χ4n) is 2.25. The average Bonchev–Trinajstić information content (AvgIpc) is 2.55. The summed E-state index contributed by atoms with van der Waals surface area (Å²) in [4.78, 5) is 0.749. The average molecular weight is 303 g/mol. The summed E-state index contributed by atoms with van der Waals surface area (Å²) in [5.41, 5.74) is 1.16. The van der Waals surface area contributed by atoms with E-state index in [1.54, 1.807) is 7.11 Å². The second kappa shape index (κ2) is 7.96. The molecule has 0 aliphatic heterocycles. The summed E-state index contributed by atoms with van der Waals surface area (Å²) in [6.45, 7) is 2.89. The Morgan fingerprint density at radius 2 is 1.76 bits per heavy atom. The molecule has 0 spiro atoms. The molecule has 2 atom stereocenters. The van der Waals surface area contributed by atoms with Crippen molar-refractivity contribution in [2.24, 2.45) is 0 Å². The minimum atomic E-state index is -1.11. The molecule has 0 saturated heterocycles. The first-order chi connectivity index (χ1) is 10.3. The number of benzene rings is 2. The highest BCUT2D eigenvalue weighted by molar-refractivity contribution is 7.85. The van der Waals surface area contributed by atoms with Crippen molar-refractivity contribution in [3.63, 3.8) is 0 Å². The van der Waals surface area contributed by atoms with E-state index in [2.05, 4.69) is 24.4 Å². The third-order valence-electron chi connectivity index (χ3n) is 3.28. The van der Waals surface area contributed by atoms with Gasteiger partial charge < -0.3 is 10.1 Å². The summed E-state index contributed by atoms with van der Waals surface area (Å²) in [6.07, 6.45) is 0. The quantitative estimate of drug-likeness (QED) is 0.854. The van der Waals surface area contributed by atoms with Crippen LogP contribution in [0.5, 0.6) is 5.75 Å². The van der Waals surface area contributed by atoms with Gasteiger partial charge in [0.25, 0.3) is 0 Å². The molecule has 112 valence electrons. The molecule has 2 aromatic rings. The van der Waals surface area contributed by atoms with E-state index in [9.17, 15) is 4.21 Å². The smallest absolute Gasteiger partial charge is 0.134 e. The van der Waals surface area contributed by atoms with Crippen LogP contribution in [0.15, 0.2) is 59.5 Å². The van der Waals surface area contributed by atoms with Crippen molar-refractivity contribution < 1.29 is 8.95 Å². The van der Waals surface area contributed by atoms with Crippen LogP contribution in [0.3, 0.4) is 0 Å². The lowest BCUT2D eigenvalue weighted by Crippen LogP contribution is -2.26. The fourth-order valence-corrected chi connectivity index (χ4v) is 3.65. The van der Waals surface area contributed by atoms with Gasteiger partial charge in [-0.05, 0) is 24.2 Å². The highest BCUT2D eigenvalue weighted by atomic mass is 32.2. The molecule has 4 heteroatoms. The zero-order chi connectivity index (χ0) is 15.1. The maximum Gasteiger partial charge on any atom is 0.134 e. The van der Waals surface area contributed by atoms with Gasteiger partial charge in [-0.25, -0.2) is 0 Å². The summed E-state index contributed by atoms with van der Waals surface area (Å²) >= 11 is 0. The molecule has 2 aromatic carbocycles. The monoisotopic (exact) mass is 303 g/mol. The largest absolute Gasteiger partial charge is 0.495 e. The third-order valence-corrected chi connectivity index (χ3v) is 4.75. The Hall–Kier alpha value is -1.65. The Bertz CT molecular complexity index is 586. The molecule has 0 aliphatic carbocycles. The predicted octanol–water partition coefficient (Wildman–Crippen LogP) is 3.15. The maximum atomic E-state index is 12.7. The van der Waals surface area contributed by atoms with E-state index in [-0.39, 0.29) is 6.04 Å². The molecular weight excluding hydrogens is 282 g/mol. The van der Waals surface area contributed by atoms with E-state index < -0.39 is 10.8 Å². The van der Waals surface area contributed by atoms with Gasteiger partial charge in [-0.3, -0.25) is 4.21 Å². The van der Waals surface area contributed by atoms with Crippen molar-refractivity contribution in [1.29, 1.82) is 0 Å². The molecule has 0 radical (unpaired) electrons. The van der Waals surface area contributed by atoms with Crippen LogP contribution in [0.1, 0.15) is 18.5 Å². The van der Waals surface area contributed by atoms with Crippen LogP contribution in [-0.4, -0.2) is 23.6 Å². The van der Waals surface area contributed by atoms with Gasteiger partial charge >= 0.3 is 0 Å². The summed E-state index contributed by atoms with van der Waals surface area (Å²) in [7, 11) is 0.492. The van der Waals surface area contributed by atoms with E-state index in [1.165, 1.54) is 0 Å². The molecule has 0 aliphatic rings. The molecule has 0 amide bonds. The van der Waals surface area contributed by atoms with Crippen LogP contribution in [0, 0.1) is 0 Å². The Balaban J connectivity index is 2.19. The normalized spacial score (nSPS) is 13.6. The standard InChI is InChI=1S/C17H21NO2S/c1-3-18-15(14-9-5-4-6-10-14)13-21(19)17-12-8-7-11-16(17)20-2/h4-12,15,18H,3,13H2,1-2H3. The van der Waals surface area contributed by atoms with Crippen molar-refractivity contribution in [1.82, 2.24) is 5.32 Å². The van der Waals surface area contributed by atoms with E-state index in [1.807, 2.05) is 42.5 Å². The summed E-state index contributed by atoms with van der Waals surface area (Å²) < 4.78 is 18.0. The first-order valence-corrected chi connectivity index (χ1v) is 8.38. The van der Waals surface area contributed by atoms with Crippen molar-refractivity contribution in [2.45, 2.75) is 17.9 Å². The van der Waals surface area contributed by atoms with Crippen LogP contribution < -0.4 is 10.1 Å². The topological polar surface area (TPSA) is 38.3 Å². The zero-order valence-corrected chi connectivity index (χ0v) is 13.2. The van der Waals surface area contributed by atoms with Gasteiger partial charge in [0.15, 0.2) is 0 Å². The lowest BCUT2D eigenvalue weighted by Gasteiger charge is -2.18. The Labute approximate surface area is 128 Å². The van der Waals surface area contributed by atoms with E-state index in [4.69, 9.17) is 4.74 Å². The number of nitrogens with one attached hydrogen (secondary N) is 1. The molecule has 21 heavy (non-hydrogen) atoms. The van der Waals surface area contributed by atoms with Crippen molar-refractivity contribution in [2.75, 3.05) is 19.4 Å². The van der Waals surface area contributed by atoms with Gasteiger partial charge in [-0.2, -0.15) is 0 Å². The Morgan fingerprint density at radius 1 is 1.10 bits per heavy atom. The minimum Gasteiger partial charge on any atom is -0.495 e. The Kier molecular flexibility index (Phi) is 5.96. The van der Waals surface area contributed by atoms with Gasteiger partial charge in [0.1, 0.15) is 5.75 Å². The molecule has 0 saturated carbocycles. The van der Waals surface area contributed by atoms with E-state index >= 15 is 0 Å². The number of ether oxygens (including phenoxy) is 1. The molecule has 0 aromatic heterocycles. The molecule has 0 heterocycles. The van der Waals surface area contributed by atoms with Crippen molar-refractivity contribution in [3.05, 3.63) is 60.2 Å². The van der Waals surface area contributed by atoms with E-state index in [0.29, 0.717) is 11.5 Å². The molecule has 0 fully saturated rings. The van der Waals surface area contributed by atoms with Gasteiger partial charge in [-0.1, -0.05) is 49.4 Å². The fraction of sp³-hybridized carbons (Fsp3) is 0.294. The molecule has 2 rings (SSSR count). The summed E-state index contributed by atoms with van der Waals surface area (Å²) in [5.74, 6) is 1.21. The first kappa shape index (κ1) is 15.7. The third kappa shape index (κ3) is 4.16. The number of rotatable bonds is 7. The van der Waals surface area contributed by atoms with Gasteiger partial charge in [-0.15, -0.1) is 0 Å². The molecular formula is C17H21NO2S. The molecule has 3 nitrogen and oxygen atoms in total. The van der Waals surface area contributed by atoms with Crippen LogP contribution in [0.2, 0.25) is 0 Å². The number of hydrogen-bond acceptors (Lipinski definition) is 3. The highest BCUT2D eigenvalue weighted by Crippen LogP contribution is 2.24. The number of methoxy groups -OCH3 is 1. The maximum absolute atomic E-state index is 12.7. The van der Waals surface area contributed by atoms with Crippen LogP contribution in [0.25, 0.3) is 0 Å². The van der Waals surface area contributed by atoms with Gasteiger partial charge in [0, 0.05) is 11.8 Å². The summed E-state index contributed by atoms with van der Waals surface area (Å²) in [6, 6.07) is 17.7. The molecule has 1 N–H and O–H groups in total. The molecule has 0 bridgehead atoms. The number of para-hydroxylation sites is 1. The van der Waals surface area contributed by atoms with Crippen LogP contribution >= 0.6 is 0 Å². The SMILES string of the molecule is CCNC(CS(=O)c1ccccc1OC)c1ccccc1. The lowest BCUT2D eigenvalue weighted by molar-refractivity contribution is 0.404.